The molecule has 2 rings (SSSR count). The molecule has 1 aromatic carbocycles. The van der Waals surface area contributed by atoms with Crippen LogP contribution in [-0.4, -0.2) is 29.6 Å². The summed E-state index contributed by atoms with van der Waals surface area (Å²) >= 11 is 0. The summed E-state index contributed by atoms with van der Waals surface area (Å²) in [7, 11) is 0. The molecule has 1 aliphatic rings. The van der Waals surface area contributed by atoms with E-state index in [9.17, 15) is 14.7 Å². The molecule has 2 N–H and O–H groups in total. The van der Waals surface area contributed by atoms with E-state index in [1.54, 1.807) is 6.07 Å². The first-order valence-electron chi connectivity index (χ1n) is 7.73. The standard InChI is InChI=1S/C17H23NO4/c1-11-7-8-13(15(19)9-11)17(21)22-10-16(20)18-14-6-4-3-5-12(14)2/h7-9,12,14,19H,3-6,10H2,1-2H3,(H,18,20)/t12-,14+/m1/s1. The van der Waals surface area contributed by atoms with E-state index < -0.39 is 5.97 Å². The van der Waals surface area contributed by atoms with Crippen molar-refractivity contribution >= 4 is 11.9 Å². The summed E-state index contributed by atoms with van der Waals surface area (Å²) in [6.07, 6.45) is 4.41. The highest BCUT2D eigenvalue weighted by Gasteiger charge is 2.23. The maximum Gasteiger partial charge on any atom is 0.342 e. The molecule has 5 nitrogen and oxygen atoms in total. The molecule has 0 radical (unpaired) electrons. The number of benzene rings is 1. The number of aromatic hydroxyl groups is 1. The van der Waals surface area contributed by atoms with Crippen LogP contribution < -0.4 is 5.32 Å². The average molecular weight is 305 g/mol. The lowest BCUT2D eigenvalue weighted by Crippen LogP contribution is -2.42. The largest absolute Gasteiger partial charge is 0.507 e. The van der Waals surface area contributed by atoms with Crippen molar-refractivity contribution in [3.05, 3.63) is 29.3 Å². The summed E-state index contributed by atoms with van der Waals surface area (Å²) in [5, 5.41) is 12.6. The maximum absolute atomic E-state index is 11.9. The minimum atomic E-state index is -0.690. The lowest BCUT2D eigenvalue weighted by atomic mass is 9.86. The molecule has 0 spiro atoms. The Kier molecular flexibility index (Phi) is 5.41. The van der Waals surface area contributed by atoms with Gasteiger partial charge in [0.05, 0.1) is 0 Å². The van der Waals surface area contributed by atoms with E-state index in [-0.39, 0.29) is 29.9 Å². The van der Waals surface area contributed by atoms with Crippen molar-refractivity contribution in [2.45, 2.75) is 45.6 Å². The van der Waals surface area contributed by atoms with Gasteiger partial charge in [0.25, 0.3) is 5.91 Å². The summed E-state index contributed by atoms with van der Waals surface area (Å²) in [6, 6.07) is 4.85. The highest BCUT2D eigenvalue weighted by atomic mass is 16.5. The molecular weight excluding hydrogens is 282 g/mol. The molecular formula is C17H23NO4. The van der Waals surface area contributed by atoms with E-state index in [1.807, 2.05) is 6.92 Å². The Morgan fingerprint density at radius 2 is 2.05 bits per heavy atom. The van der Waals surface area contributed by atoms with Gasteiger partial charge in [-0.2, -0.15) is 0 Å². The molecule has 2 atom stereocenters. The molecule has 0 aliphatic heterocycles. The Balaban J connectivity index is 1.84. The quantitative estimate of drug-likeness (QED) is 0.838. The second kappa shape index (κ2) is 7.29. The van der Waals surface area contributed by atoms with E-state index >= 15 is 0 Å². The molecule has 120 valence electrons. The molecule has 1 amide bonds. The average Bonchev–Trinajstić information content (AvgIpc) is 2.47. The number of aryl methyl sites for hydroxylation is 1. The number of carbonyl (C=O) groups is 2. The predicted molar refractivity (Wildman–Crippen MR) is 82.7 cm³/mol. The number of phenols is 1. The Bertz CT molecular complexity index is 556. The number of phenolic OH excluding ortho intramolecular Hbond substituents is 1. The van der Waals surface area contributed by atoms with Crippen molar-refractivity contribution in [2.75, 3.05) is 6.61 Å². The fourth-order valence-corrected chi connectivity index (χ4v) is 2.80. The number of amides is 1. The van der Waals surface area contributed by atoms with E-state index in [1.165, 1.54) is 18.6 Å². The van der Waals surface area contributed by atoms with Crippen LogP contribution in [0.25, 0.3) is 0 Å². The van der Waals surface area contributed by atoms with Crippen molar-refractivity contribution in [2.24, 2.45) is 5.92 Å². The van der Waals surface area contributed by atoms with Gasteiger partial charge in [0.2, 0.25) is 0 Å². The van der Waals surface area contributed by atoms with Gasteiger partial charge in [-0.15, -0.1) is 0 Å². The summed E-state index contributed by atoms with van der Waals surface area (Å²) in [6.45, 7) is 3.61. The van der Waals surface area contributed by atoms with Crippen molar-refractivity contribution in [1.29, 1.82) is 0 Å². The highest BCUT2D eigenvalue weighted by Crippen LogP contribution is 2.23. The third kappa shape index (κ3) is 4.23. The number of hydrogen-bond donors (Lipinski definition) is 2. The zero-order valence-corrected chi connectivity index (χ0v) is 13.1. The topological polar surface area (TPSA) is 75.6 Å². The smallest absolute Gasteiger partial charge is 0.342 e. The molecule has 5 heteroatoms. The molecule has 1 aliphatic carbocycles. The van der Waals surface area contributed by atoms with Crippen LogP contribution in [0.5, 0.6) is 5.75 Å². The van der Waals surface area contributed by atoms with Crippen LogP contribution in [0.4, 0.5) is 0 Å². The van der Waals surface area contributed by atoms with Gasteiger partial charge in [-0.05, 0) is 43.4 Å². The van der Waals surface area contributed by atoms with Gasteiger partial charge >= 0.3 is 5.97 Å². The maximum atomic E-state index is 11.9. The first kappa shape index (κ1) is 16.3. The Labute approximate surface area is 130 Å². The van der Waals surface area contributed by atoms with Crippen LogP contribution in [-0.2, 0) is 9.53 Å². The second-order valence-electron chi connectivity index (χ2n) is 6.03. The molecule has 1 fully saturated rings. The second-order valence-corrected chi connectivity index (χ2v) is 6.03. The van der Waals surface area contributed by atoms with Gasteiger partial charge in [0, 0.05) is 6.04 Å². The number of rotatable bonds is 4. The summed E-state index contributed by atoms with van der Waals surface area (Å²) < 4.78 is 4.98. The van der Waals surface area contributed by atoms with E-state index in [0.29, 0.717) is 5.92 Å². The molecule has 0 saturated heterocycles. The van der Waals surface area contributed by atoms with Crippen LogP contribution >= 0.6 is 0 Å². The molecule has 22 heavy (non-hydrogen) atoms. The Morgan fingerprint density at radius 1 is 1.32 bits per heavy atom. The predicted octanol–water partition coefficient (Wildman–Crippen LogP) is 2.55. The van der Waals surface area contributed by atoms with Crippen molar-refractivity contribution < 1.29 is 19.4 Å². The number of esters is 1. The third-order valence-electron chi connectivity index (χ3n) is 4.17. The van der Waals surface area contributed by atoms with Crippen LogP contribution in [0.15, 0.2) is 18.2 Å². The zero-order chi connectivity index (χ0) is 16.1. The molecule has 0 aromatic heterocycles. The van der Waals surface area contributed by atoms with E-state index in [2.05, 4.69) is 12.2 Å². The van der Waals surface area contributed by atoms with E-state index in [0.717, 1.165) is 24.8 Å². The fourth-order valence-electron chi connectivity index (χ4n) is 2.80. The summed E-state index contributed by atoms with van der Waals surface area (Å²) in [5.41, 5.74) is 0.919. The first-order chi connectivity index (χ1) is 10.5. The van der Waals surface area contributed by atoms with Crippen LogP contribution in [0.3, 0.4) is 0 Å². The van der Waals surface area contributed by atoms with Gasteiger partial charge in [0.1, 0.15) is 11.3 Å². The SMILES string of the molecule is Cc1ccc(C(=O)OCC(=O)N[C@H]2CCCC[C@H]2C)c(O)c1. The summed E-state index contributed by atoms with van der Waals surface area (Å²) in [4.78, 5) is 23.8. The van der Waals surface area contributed by atoms with E-state index in [4.69, 9.17) is 4.74 Å². The minimum absolute atomic E-state index is 0.0736. The Hall–Kier alpha value is -2.04. The molecule has 0 bridgehead atoms. The third-order valence-corrected chi connectivity index (χ3v) is 4.17. The first-order valence-corrected chi connectivity index (χ1v) is 7.73. The Morgan fingerprint density at radius 3 is 2.73 bits per heavy atom. The molecule has 0 unspecified atom stereocenters. The van der Waals surface area contributed by atoms with Crippen molar-refractivity contribution in [3.63, 3.8) is 0 Å². The molecule has 0 heterocycles. The van der Waals surface area contributed by atoms with Crippen LogP contribution in [0.2, 0.25) is 0 Å². The van der Waals surface area contributed by atoms with Crippen molar-refractivity contribution in [1.82, 2.24) is 5.32 Å². The molecule has 1 aromatic rings. The fraction of sp³-hybridized carbons (Fsp3) is 0.529. The highest BCUT2D eigenvalue weighted by molar-refractivity contribution is 5.93. The van der Waals surface area contributed by atoms with Gasteiger partial charge in [-0.25, -0.2) is 4.79 Å². The van der Waals surface area contributed by atoms with Gasteiger partial charge in [0.15, 0.2) is 6.61 Å². The van der Waals surface area contributed by atoms with Crippen LogP contribution in [0.1, 0.15) is 48.5 Å². The van der Waals surface area contributed by atoms with Gasteiger partial charge in [-0.1, -0.05) is 25.8 Å². The van der Waals surface area contributed by atoms with Crippen LogP contribution in [0, 0.1) is 12.8 Å². The molecule has 1 saturated carbocycles. The number of nitrogens with one attached hydrogen (secondary N) is 1. The number of ether oxygens (including phenoxy) is 1. The normalized spacial score (nSPS) is 21.2. The lowest BCUT2D eigenvalue weighted by molar-refractivity contribution is -0.125. The monoisotopic (exact) mass is 305 g/mol. The minimum Gasteiger partial charge on any atom is -0.507 e. The number of hydrogen-bond acceptors (Lipinski definition) is 4. The lowest BCUT2D eigenvalue weighted by Gasteiger charge is -2.29. The number of carbonyl (C=O) groups excluding carboxylic acids is 2. The van der Waals surface area contributed by atoms with Gasteiger partial charge < -0.3 is 15.2 Å². The van der Waals surface area contributed by atoms with Crippen molar-refractivity contribution in [3.8, 4) is 5.75 Å². The van der Waals surface area contributed by atoms with Gasteiger partial charge in [-0.3, -0.25) is 4.79 Å². The zero-order valence-electron chi connectivity index (χ0n) is 13.1. The summed E-state index contributed by atoms with van der Waals surface area (Å²) in [5.74, 6) is -0.663.